The van der Waals surface area contributed by atoms with Crippen molar-refractivity contribution in [2.24, 2.45) is 0 Å². The van der Waals surface area contributed by atoms with Crippen LogP contribution in [0.2, 0.25) is 0 Å². The number of nitrogens with zero attached hydrogens (tertiary/aromatic N) is 4. The van der Waals surface area contributed by atoms with E-state index in [1.165, 1.54) is 78.3 Å². The van der Waals surface area contributed by atoms with Crippen LogP contribution in [-0.2, 0) is 0 Å². The van der Waals surface area contributed by atoms with Crippen molar-refractivity contribution in [2.75, 3.05) is 19.6 Å². The Labute approximate surface area is 421 Å². The Balaban J connectivity index is 0.977. The Morgan fingerprint density at radius 3 is 0.722 bits per heavy atom. The van der Waals surface area contributed by atoms with Gasteiger partial charge in [-0.1, -0.05) is 164 Å². The molecule has 0 saturated carbocycles. The first-order chi connectivity index (χ1) is 35.8. The number of fused-ring (bicyclic) bond motifs is 8. The molecule has 4 nitrogen and oxygen atoms in total. The van der Waals surface area contributed by atoms with Crippen molar-refractivity contribution in [2.45, 2.75) is 0 Å². The Bertz CT molecular complexity index is 3440. The van der Waals surface area contributed by atoms with Crippen molar-refractivity contribution in [3.63, 3.8) is 0 Å². The molecule has 0 atom stereocenters. The second-order valence-electron chi connectivity index (χ2n) is 19.2. The average molecular weight is 915 g/mol. The predicted octanol–water partition coefficient (Wildman–Crippen LogP) is 13.2. The van der Waals surface area contributed by atoms with Crippen LogP contribution < -0.4 is 52.4 Å². The molecule has 0 aromatic heterocycles. The van der Waals surface area contributed by atoms with Crippen molar-refractivity contribution in [3.05, 3.63) is 267 Å². The molecule has 11 aromatic carbocycles. The SMILES string of the molecule is c1ccc(N2c3ccccc3B3c4ccccc4N(c4ccccc4)c4cc(-c5cccc(-c6cc7c8c(c6)N(c6ccccc6)c6ccccc6B8c6ccccc6N7c6ccccc6)c5)cc2c43)cc1. The zero-order valence-corrected chi connectivity index (χ0v) is 39.3. The van der Waals surface area contributed by atoms with E-state index < -0.39 is 0 Å². The van der Waals surface area contributed by atoms with Gasteiger partial charge in [0.2, 0.25) is 0 Å². The molecule has 334 valence electrons. The largest absolute Gasteiger partial charge is 0.311 e. The summed E-state index contributed by atoms with van der Waals surface area (Å²) in [5.74, 6) is 0. The summed E-state index contributed by atoms with van der Waals surface area (Å²) < 4.78 is 0. The Morgan fingerprint density at radius 2 is 0.444 bits per heavy atom. The Morgan fingerprint density at radius 1 is 0.194 bits per heavy atom. The zero-order chi connectivity index (χ0) is 47.3. The first-order valence-corrected chi connectivity index (χ1v) is 25.0. The van der Waals surface area contributed by atoms with Gasteiger partial charge in [0.1, 0.15) is 0 Å². The van der Waals surface area contributed by atoms with Crippen molar-refractivity contribution in [1.29, 1.82) is 0 Å². The summed E-state index contributed by atoms with van der Waals surface area (Å²) in [5, 5.41) is 0. The third-order valence-corrected chi connectivity index (χ3v) is 15.4. The molecule has 15 rings (SSSR count). The second kappa shape index (κ2) is 16.2. The summed E-state index contributed by atoms with van der Waals surface area (Å²) in [6, 6.07) is 98.7. The highest BCUT2D eigenvalue weighted by atomic mass is 15.2. The molecule has 4 aliphatic heterocycles. The fourth-order valence-corrected chi connectivity index (χ4v) is 12.4. The second-order valence-corrected chi connectivity index (χ2v) is 19.2. The lowest BCUT2D eigenvalue weighted by atomic mass is 9.33. The first kappa shape index (κ1) is 40.6. The molecule has 4 aliphatic rings. The Kier molecular flexibility index (Phi) is 9.12. The molecule has 6 heteroatoms. The van der Waals surface area contributed by atoms with Gasteiger partial charge in [-0.2, -0.15) is 0 Å². The molecule has 0 amide bonds. The number of hydrogen-bond acceptors (Lipinski definition) is 4. The lowest BCUT2D eigenvalue weighted by Crippen LogP contribution is -2.61. The number of rotatable bonds is 6. The van der Waals surface area contributed by atoms with Gasteiger partial charge >= 0.3 is 0 Å². The van der Waals surface area contributed by atoms with E-state index in [0.717, 1.165) is 45.0 Å². The molecule has 72 heavy (non-hydrogen) atoms. The van der Waals surface area contributed by atoms with Gasteiger partial charge in [-0.3, -0.25) is 0 Å². The van der Waals surface area contributed by atoms with Crippen molar-refractivity contribution in [3.8, 4) is 22.3 Å². The first-order valence-electron chi connectivity index (χ1n) is 25.0. The van der Waals surface area contributed by atoms with E-state index in [2.05, 4.69) is 287 Å². The van der Waals surface area contributed by atoms with E-state index in [-0.39, 0.29) is 13.4 Å². The van der Waals surface area contributed by atoms with Crippen LogP contribution in [-0.4, -0.2) is 13.4 Å². The van der Waals surface area contributed by atoms with E-state index >= 15 is 0 Å². The quantitative estimate of drug-likeness (QED) is 0.154. The molecule has 0 saturated heterocycles. The van der Waals surface area contributed by atoms with E-state index in [1.807, 2.05) is 0 Å². The maximum Gasteiger partial charge on any atom is 0.252 e. The number of hydrogen-bond donors (Lipinski definition) is 0. The lowest BCUT2D eigenvalue weighted by molar-refractivity contribution is 1.25. The summed E-state index contributed by atoms with van der Waals surface area (Å²) >= 11 is 0. The van der Waals surface area contributed by atoms with Crippen LogP contribution in [0.15, 0.2) is 267 Å². The van der Waals surface area contributed by atoms with Crippen LogP contribution in [0.5, 0.6) is 0 Å². The molecule has 4 heterocycles. The van der Waals surface area contributed by atoms with E-state index in [9.17, 15) is 0 Å². The van der Waals surface area contributed by atoms with Crippen molar-refractivity contribution >= 4 is 114 Å². The smallest absolute Gasteiger partial charge is 0.252 e. The molecule has 0 unspecified atom stereocenters. The third kappa shape index (κ3) is 6.09. The number of anilines is 12. The van der Waals surface area contributed by atoms with E-state index in [4.69, 9.17) is 0 Å². The van der Waals surface area contributed by atoms with Gasteiger partial charge in [-0.15, -0.1) is 0 Å². The topological polar surface area (TPSA) is 13.0 Å². The molecule has 11 aromatic rings. The van der Waals surface area contributed by atoms with Gasteiger partial charge in [-0.25, -0.2) is 0 Å². The average Bonchev–Trinajstić information content (AvgIpc) is 3.45. The highest BCUT2D eigenvalue weighted by Gasteiger charge is 2.45. The third-order valence-electron chi connectivity index (χ3n) is 15.4. The summed E-state index contributed by atoms with van der Waals surface area (Å²) in [6.45, 7) is 0.101. The van der Waals surface area contributed by atoms with Crippen LogP contribution in [0.25, 0.3) is 22.3 Å². The van der Waals surface area contributed by atoms with Gasteiger partial charge in [-0.05, 0) is 158 Å². The van der Waals surface area contributed by atoms with E-state index in [1.54, 1.807) is 0 Å². The minimum Gasteiger partial charge on any atom is -0.311 e. The van der Waals surface area contributed by atoms with Gasteiger partial charge in [0.25, 0.3) is 13.4 Å². The Hall–Kier alpha value is -9.25. The van der Waals surface area contributed by atoms with Gasteiger partial charge < -0.3 is 19.6 Å². The van der Waals surface area contributed by atoms with Gasteiger partial charge in [0, 0.05) is 68.2 Å². The summed E-state index contributed by atoms with van der Waals surface area (Å²) in [7, 11) is 0. The fourth-order valence-electron chi connectivity index (χ4n) is 12.4. The molecule has 0 N–H and O–H groups in total. The van der Waals surface area contributed by atoms with Crippen LogP contribution in [0.1, 0.15) is 0 Å². The predicted molar refractivity (Wildman–Crippen MR) is 305 cm³/mol. The van der Waals surface area contributed by atoms with Gasteiger partial charge in [0.05, 0.1) is 0 Å². The lowest BCUT2D eigenvalue weighted by Gasteiger charge is -2.44. The monoisotopic (exact) mass is 914 g/mol. The standard InChI is InChI=1S/C66H44B2N4/c1-5-24-49(25-6-1)69-57-36-17-13-32-53(57)67-54-33-14-18-37-58(54)70(50-26-7-2-8-27-50)62-42-47(41-61(69)65(62)67)45-22-21-23-46(40-45)48-43-63-66-64(44-48)72(52-30-11-4-12-31-52)60-39-20-16-35-56(60)68(66)55-34-15-19-38-59(55)71(63)51-28-9-3-10-29-51/h1-44H. The molecular weight excluding hydrogens is 870 g/mol. The molecule has 0 radical (unpaired) electrons. The minimum absolute atomic E-state index is 0.0504. The van der Waals surface area contributed by atoms with Crippen molar-refractivity contribution in [1.82, 2.24) is 0 Å². The normalized spacial score (nSPS) is 13.4. The number of benzene rings is 11. The van der Waals surface area contributed by atoms with Crippen LogP contribution >= 0.6 is 0 Å². The van der Waals surface area contributed by atoms with Crippen molar-refractivity contribution < 1.29 is 0 Å². The minimum atomic E-state index is 0.0504. The molecule has 0 bridgehead atoms. The maximum atomic E-state index is 2.49. The fraction of sp³-hybridized carbons (Fsp3) is 0. The summed E-state index contributed by atoms with van der Waals surface area (Å²) in [6.07, 6.45) is 0. The van der Waals surface area contributed by atoms with Crippen LogP contribution in [0.4, 0.5) is 68.2 Å². The summed E-state index contributed by atoms with van der Waals surface area (Å²) in [4.78, 5) is 9.97. The zero-order valence-electron chi connectivity index (χ0n) is 39.3. The van der Waals surface area contributed by atoms with Crippen LogP contribution in [0, 0.1) is 0 Å². The highest BCUT2D eigenvalue weighted by molar-refractivity contribution is 7.01. The molecule has 0 fully saturated rings. The maximum absolute atomic E-state index is 2.49. The number of para-hydroxylation sites is 8. The van der Waals surface area contributed by atoms with Crippen LogP contribution in [0.3, 0.4) is 0 Å². The summed E-state index contributed by atoms with van der Waals surface area (Å²) in [5.41, 5.74) is 26.6. The van der Waals surface area contributed by atoms with E-state index in [0.29, 0.717) is 0 Å². The van der Waals surface area contributed by atoms with Gasteiger partial charge in [0.15, 0.2) is 0 Å². The molecular formula is C66H44B2N4. The highest BCUT2D eigenvalue weighted by Crippen LogP contribution is 2.49. The molecule has 0 aliphatic carbocycles. The molecule has 0 spiro atoms.